The van der Waals surface area contributed by atoms with Gasteiger partial charge in [0.2, 0.25) is 0 Å². The van der Waals surface area contributed by atoms with Crippen LogP contribution in [-0.4, -0.2) is 35.6 Å². The molecule has 0 atom stereocenters. The molecule has 0 aliphatic carbocycles. The van der Waals surface area contributed by atoms with Gasteiger partial charge in [-0.3, -0.25) is 4.79 Å². The zero-order valence-electron chi connectivity index (χ0n) is 14.5. The fourth-order valence-corrected chi connectivity index (χ4v) is 1.99. The highest BCUT2D eigenvalue weighted by molar-refractivity contribution is 6.03. The number of carbonyl (C=O) groups is 1. The summed E-state index contributed by atoms with van der Waals surface area (Å²) < 4.78 is 10.4. The first-order valence-corrected chi connectivity index (χ1v) is 7.46. The van der Waals surface area contributed by atoms with Crippen LogP contribution in [0.25, 0.3) is 0 Å². The molecule has 0 unspecified atom stereocenters. The average Bonchev–Trinajstić information content (AvgIpc) is 2.53. The molecule has 0 spiro atoms. The van der Waals surface area contributed by atoms with E-state index in [4.69, 9.17) is 9.47 Å². The van der Waals surface area contributed by atoms with Gasteiger partial charge in [0, 0.05) is 11.6 Å². The van der Waals surface area contributed by atoms with Gasteiger partial charge in [-0.1, -0.05) is 0 Å². The van der Waals surface area contributed by atoms with E-state index >= 15 is 0 Å². The fourth-order valence-electron chi connectivity index (χ4n) is 1.99. The van der Waals surface area contributed by atoms with Crippen LogP contribution >= 0.6 is 0 Å². The number of nitrogens with one attached hydrogen (secondary N) is 2. The lowest BCUT2D eigenvalue weighted by molar-refractivity contribution is 0.102. The second-order valence-electron chi connectivity index (χ2n) is 6.18. The Morgan fingerprint density at radius 2 is 1.83 bits per heavy atom. The fraction of sp³-hybridized carbons (Fsp3) is 0.353. The molecule has 7 nitrogen and oxygen atoms in total. The van der Waals surface area contributed by atoms with Crippen LogP contribution in [-0.2, 0) is 0 Å². The molecule has 1 aromatic carbocycles. The summed E-state index contributed by atoms with van der Waals surface area (Å²) in [6.07, 6.45) is 2.96. The van der Waals surface area contributed by atoms with E-state index in [9.17, 15) is 4.79 Å². The zero-order valence-corrected chi connectivity index (χ0v) is 14.5. The van der Waals surface area contributed by atoms with Crippen molar-refractivity contribution >= 4 is 17.4 Å². The van der Waals surface area contributed by atoms with Gasteiger partial charge in [0.05, 0.1) is 32.3 Å². The van der Waals surface area contributed by atoms with Crippen LogP contribution in [0.4, 0.5) is 11.5 Å². The molecule has 1 heterocycles. The first kappa shape index (κ1) is 17.5. The molecule has 0 bridgehead atoms. The van der Waals surface area contributed by atoms with Crippen molar-refractivity contribution in [2.45, 2.75) is 26.3 Å². The Hall–Kier alpha value is -2.83. The third kappa shape index (κ3) is 4.58. The average molecular weight is 330 g/mol. The molecule has 1 amide bonds. The lowest BCUT2D eigenvalue weighted by Gasteiger charge is -2.20. The Morgan fingerprint density at radius 3 is 2.38 bits per heavy atom. The summed E-state index contributed by atoms with van der Waals surface area (Å²) in [5.74, 6) is 1.37. The largest absolute Gasteiger partial charge is 0.497 e. The maximum atomic E-state index is 12.3. The van der Waals surface area contributed by atoms with Gasteiger partial charge in [-0.25, -0.2) is 9.97 Å². The van der Waals surface area contributed by atoms with E-state index in [0.29, 0.717) is 23.0 Å². The quantitative estimate of drug-likeness (QED) is 0.877. The van der Waals surface area contributed by atoms with E-state index in [1.54, 1.807) is 25.3 Å². The second-order valence-corrected chi connectivity index (χ2v) is 6.18. The Bertz CT molecular complexity index is 709. The van der Waals surface area contributed by atoms with Crippen LogP contribution in [0.2, 0.25) is 0 Å². The van der Waals surface area contributed by atoms with Crippen molar-refractivity contribution in [3.63, 3.8) is 0 Å². The molecule has 0 saturated heterocycles. The minimum Gasteiger partial charge on any atom is -0.497 e. The minimum atomic E-state index is -0.378. The van der Waals surface area contributed by atoms with Crippen molar-refractivity contribution in [3.05, 3.63) is 36.3 Å². The lowest BCUT2D eigenvalue weighted by Crippen LogP contribution is -2.27. The smallest absolute Gasteiger partial charge is 0.275 e. The van der Waals surface area contributed by atoms with E-state index in [0.717, 1.165) is 0 Å². The lowest BCUT2D eigenvalue weighted by atomic mass is 10.1. The number of methoxy groups -OCH3 is 2. The highest BCUT2D eigenvalue weighted by atomic mass is 16.5. The number of amides is 1. The molecule has 24 heavy (non-hydrogen) atoms. The third-order valence-electron chi connectivity index (χ3n) is 3.04. The third-order valence-corrected chi connectivity index (χ3v) is 3.04. The summed E-state index contributed by atoms with van der Waals surface area (Å²) in [5.41, 5.74) is 0.576. The number of hydrogen-bond donors (Lipinski definition) is 2. The predicted molar refractivity (Wildman–Crippen MR) is 92.9 cm³/mol. The van der Waals surface area contributed by atoms with Crippen molar-refractivity contribution < 1.29 is 14.3 Å². The van der Waals surface area contributed by atoms with Crippen LogP contribution in [0.3, 0.4) is 0 Å². The predicted octanol–water partition coefficient (Wildman–Crippen LogP) is 2.96. The molecule has 0 aliphatic rings. The molecule has 2 N–H and O–H groups in total. The van der Waals surface area contributed by atoms with Crippen LogP contribution in [0.5, 0.6) is 11.5 Å². The normalized spacial score (nSPS) is 10.9. The van der Waals surface area contributed by atoms with Gasteiger partial charge in [0.15, 0.2) is 0 Å². The second kappa shape index (κ2) is 7.16. The van der Waals surface area contributed by atoms with Crippen molar-refractivity contribution in [3.8, 4) is 11.5 Å². The standard InChI is InChI=1S/C17H22N4O3/c1-17(2,3)21-15-10-18-13(9-19-15)16(22)20-12-8-11(23-4)6-7-14(12)24-5/h6-10H,1-5H3,(H,19,21)(H,20,22). The Labute approximate surface area is 141 Å². The van der Waals surface area contributed by atoms with E-state index in [2.05, 4.69) is 20.6 Å². The van der Waals surface area contributed by atoms with Gasteiger partial charge in [0.25, 0.3) is 5.91 Å². The van der Waals surface area contributed by atoms with E-state index in [1.807, 2.05) is 20.8 Å². The number of aromatic nitrogens is 2. The van der Waals surface area contributed by atoms with E-state index < -0.39 is 0 Å². The van der Waals surface area contributed by atoms with Crippen LogP contribution < -0.4 is 20.1 Å². The summed E-state index contributed by atoms with van der Waals surface area (Å²) in [6, 6.07) is 5.15. The maximum Gasteiger partial charge on any atom is 0.275 e. The molecule has 0 saturated carbocycles. The zero-order chi connectivity index (χ0) is 17.7. The van der Waals surface area contributed by atoms with Gasteiger partial charge in [-0.05, 0) is 32.9 Å². The highest BCUT2D eigenvalue weighted by Gasteiger charge is 2.14. The summed E-state index contributed by atoms with van der Waals surface area (Å²) in [4.78, 5) is 20.7. The molecule has 0 radical (unpaired) electrons. The molecule has 0 fully saturated rings. The minimum absolute atomic E-state index is 0.133. The SMILES string of the molecule is COc1ccc(OC)c(NC(=O)c2cnc(NC(C)(C)C)cn2)c1. The van der Waals surface area contributed by atoms with E-state index in [1.165, 1.54) is 19.5 Å². The molecule has 0 aliphatic heterocycles. The molecule has 2 rings (SSSR count). The molecule has 7 heteroatoms. The van der Waals surface area contributed by atoms with Gasteiger partial charge >= 0.3 is 0 Å². The number of carbonyl (C=O) groups excluding carboxylic acids is 1. The molecular weight excluding hydrogens is 308 g/mol. The van der Waals surface area contributed by atoms with Crippen molar-refractivity contribution in [1.29, 1.82) is 0 Å². The first-order chi connectivity index (χ1) is 11.3. The summed E-state index contributed by atoms with van der Waals surface area (Å²) >= 11 is 0. The van der Waals surface area contributed by atoms with Crippen molar-refractivity contribution in [1.82, 2.24) is 9.97 Å². The van der Waals surface area contributed by atoms with Crippen molar-refractivity contribution in [2.24, 2.45) is 0 Å². The molecule has 1 aromatic heterocycles. The Morgan fingerprint density at radius 1 is 1.08 bits per heavy atom. The van der Waals surface area contributed by atoms with Gasteiger partial charge < -0.3 is 20.1 Å². The number of ether oxygens (including phenoxy) is 2. The van der Waals surface area contributed by atoms with Crippen LogP contribution in [0.15, 0.2) is 30.6 Å². The molecular formula is C17H22N4O3. The van der Waals surface area contributed by atoms with Crippen LogP contribution in [0, 0.1) is 0 Å². The first-order valence-electron chi connectivity index (χ1n) is 7.46. The number of benzene rings is 1. The highest BCUT2D eigenvalue weighted by Crippen LogP contribution is 2.29. The Kier molecular flexibility index (Phi) is 5.23. The van der Waals surface area contributed by atoms with E-state index in [-0.39, 0.29) is 17.1 Å². The monoisotopic (exact) mass is 330 g/mol. The topological polar surface area (TPSA) is 85.4 Å². The molecule has 2 aromatic rings. The maximum absolute atomic E-state index is 12.3. The number of hydrogen-bond acceptors (Lipinski definition) is 6. The van der Waals surface area contributed by atoms with Crippen LogP contribution in [0.1, 0.15) is 31.3 Å². The Balaban J connectivity index is 2.15. The summed E-state index contributed by atoms with van der Waals surface area (Å²) in [6.45, 7) is 6.05. The molecule has 128 valence electrons. The summed E-state index contributed by atoms with van der Waals surface area (Å²) in [5, 5.41) is 5.94. The van der Waals surface area contributed by atoms with Gasteiger partial charge in [0.1, 0.15) is 23.0 Å². The van der Waals surface area contributed by atoms with Gasteiger partial charge in [-0.15, -0.1) is 0 Å². The summed E-state index contributed by atoms with van der Waals surface area (Å²) in [7, 11) is 3.09. The van der Waals surface area contributed by atoms with Crippen molar-refractivity contribution in [2.75, 3.05) is 24.9 Å². The number of anilines is 2. The number of rotatable bonds is 5. The van der Waals surface area contributed by atoms with Gasteiger partial charge in [-0.2, -0.15) is 0 Å². The number of nitrogens with zero attached hydrogens (tertiary/aromatic N) is 2.